The van der Waals surface area contributed by atoms with E-state index >= 15 is 0 Å². The molecule has 2 aromatic rings. The van der Waals surface area contributed by atoms with Gasteiger partial charge in [0.15, 0.2) is 4.32 Å². The zero-order chi connectivity index (χ0) is 20.1. The van der Waals surface area contributed by atoms with Crippen molar-refractivity contribution in [1.29, 1.82) is 0 Å². The molecule has 0 unspecified atom stereocenters. The van der Waals surface area contributed by atoms with Gasteiger partial charge in [0, 0.05) is 18.3 Å². The van der Waals surface area contributed by atoms with Gasteiger partial charge in [0.25, 0.3) is 5.91 Å². The zero-order valence-corrected chi connectivity index (χ0v) is 18.2. The van der Waals surface area contributed by atoms with Crippen LogP contribution in [-0.4, -0.2) is 22.8 Å². The first kappa shape index (κ1) is 19.2. The maximum absolute atomic E-state index is 13.0. The topological polar surface area (TPSA) is 23.6 Å². The second-order valence-corrected chi connectivity index (χ2v) is 9.82. The van der Waals surface area contributed by atoms with E-state index in [9.17, 15) is 4.79 Å². The number of hydrogen-bond donors (Lipinski definition) is 0. The lowest BCUT2D eigenvalue weighted by molar-refractivity contribution is -0.113. The number of benzene rings is 2. The highest BCUT2D eigenvalue weighted by molar-refractivity contribution is 8.27. The molecule has 1 fully saturated rings. The maximum Gasteiger partial charge on any atom is 0.270 e. The van der Waals surface area contributed by atoms with E-state index in [1.165, 1.54) is 23.0 Å². The molecule has 3 nitrogen and oxygen atoms in total. The van der Waals surface area contributed by atoms with Crippen LogP contribution >= 0.6 is 24.0 Å². The molecule has 1 atom stereocenters. The molecule has 2 heterocycles. The molecule has 144 valence electrons. The Balaban J connectivity index is 1.67. The number of thiocarbonyl (C=S) groups is 1. The van der Waals surface area contributed by atoms with Crippen molar-refractivity contribution in [3.05, 3.63) is 64.6 Å². The second kappa shape index (κ2) is 7.05. The Hall–Kier alpha value is -2.11. The van der Waals surface area contributed by atoms with Crippen molar-refractivity contribution in [2.75, 3.05) is 16.8 Å². The van der Waals surface area contributed by atoms with Crippen molar-refractivity contribution in [3.8, 4) is 0 Å². The highest BCUT2D eigenvalue weighted by atomic mass is 32.2. The highest BCUT2D eigenvalue weighted by Crippen LogP contribution is 2.43. The minimum atomic E-state index is -0.0507. The molecular weight excluding hydrogens is 384 g/mol. The predicted octanol–water partition coefficient (Wildman–Crippen LogP) is 5.81. The lowest BCUT2D eigenvalue weighted by Gasteiger charge is -2.45. The highest BCUT2D eigenvalue weighted by Gasteiger charge is 2.35. The third-order valence-electron chi connectivity index (χ3n) is 5.76. The van der Waals surface area contributed by atoms with E-state index in [-0.39, 0.29) is 11.4 Å². The van der Waals surface area contributed by atoms with Gasteiger partial charge in [0.2, 0.25) is 0 Å². The molecule has 0 saturated carbocycles. The van der Waals surface area contributed by atoms with Crippen LogP contribution in [-0.2, 0) is 4.79 Å². The van der Waals surface area contributed by atoms with Crippen molar-refractivity contribution in [1.82, 2.24) is 0 Å². The van der Waals surface area contributed by atoms with Gasteiger partial charge in [-0.15, -0.1) is 0 Å². The van der Waals surface area contributed by atoms with E-state index in [4.69, 9.17) is 12.2 Å². The van der Waals surface area contributed by atoms with Crippen LogP contribution in [0.1, 0.15) is 44.2 Å². The molecule has 1 amide bonds. The van der Waals surface area contributed by atoms with Crippen LogP contribution in [0.4, 0.5) is 11.4 Å². The number of rotatable bonds is 2. The summed E-state index contributed by atoms with van der Waals surface area (Å²) < 4.78 is 0.579. The summed E-state index contributed by atoms with van der Waals surface area (Å²) in [4.78, 5) is 17.6. The van der Waals surface area contributed by atoms with Crippen molar-refractivity contribution in [2.45, 2.75) is 38.6 Å². The lowest BCUT2D eigenvalue weighted by Crippen LogP contribution is -2.45. The monoisotopic (exact) mass is 408 g/mol. The van der Waals surface area contributed by atoms with Gasteiger partial charge in [-0.2, -0.15) is 0 Å². The first-order valence-corrected chi connectivity index (χ1v) is 10.7. The Morgan fingerprint density at radius 2 is 1.89 bits per heavy atom. The molecule has 28 heavy (non-hydrogen) atoms. The second-order valence-electron chi connectivity index (χ2n) is 8.15. The Morgan fingerprint density at radius 1 is 1.18 bits per heavy atom. The van der Waals surface area contributed by atoms with Crippen LogP contribution < -0.4 is 9.80 Å². The number of carbonyl (C=O) groups is 1. The normalized spacial score (nSPS) is 22.7. The molecule has 0 aliphatic carbocycles. The Labute approximate surface area is 176 Å². The third kappa shape index (κ3) is 3.27. The molecule has 0 aromatic heterocycles. The Morgan fingerprint density at radius 3 is 2.61 bits per heavy atom. The van der Waals surface area contributed by atoms with Crippen LogP contribution in [0.2, 0.25) is 0 Å². The number of hydrogen-bond acceptors (Lipinski definition) is 4. The third-order valence-corrected chi connectivity index (χ3v) is 7.07. The van der Waals surface area contributed by atoms with Crippen molar-refractivity contribution in [2.24, 2.45) is 0 Å². The van der Waals surface area contributed by atoms with Crippen LogP contribution in [0.15, 0.2) is 53.4 Å². The average molecular weight is 409 g/mol. The fraction of sp³-hybridized carbons (Fsp3) is 0.304. The predicted molar refractivity (Wildman–Crippen MR) is 124 cm³/mol. The van der Waals surface area contributed by atoms with E-state index in [0.29, 0.717) is 15.1 Å². The summed E-state index contributed by atoms with van der Waals surface area (Å²) in [5.41, 5.74) is 4.63. The van der Waals surface area contributed by atoms with Crippen molar-refractivity contribution in [3.63, 3.8) is 0 Å². The number of amides is 1. The van der Waals surface area contributed by atoms with Crippen molar-refractivity contribution < 1.29 is 4.79 Å². The quantitative estimate of drug-likeness (QED) is 0.462. The van der Waals surface area contributed by atoms with E-state index in [2.05, 4.69) is 50.9 Å². The smallest absolute Gasteiger partial charge is 0.270 e. The lowest BCUT2D eigenvalue weighted by atomic mass is 9.80. The minimum Gasteiger partial charge on any atom is -0.369 e. The Bertz CT molecular complexity index is 981. The molecule has 0 bridgehead atoms. The SMILES string of the molecule is C[C@@H]1CC(C)(C)N(C)c2ccc(/C=C3\SC(=S)N(c4ccccc4)C3=O)cc21. The fourth-order valence-electron chi connectivity index (χ4n) is 4.10. The van der Waals surface area contributed by atoms with Gasteiger partial charge in [-0.1, -0.05) is 55.2 Å². The summed E-state index contributed by atoms with van der Waals surface area (Å²) in [6.45, 7) is 6.86. The molecule has 2 aliphatic heterocycles. The average Bonchev–Trinajstić information content (AvgIpc) is 2.93. The van der Waals surface area contributed by atoms with Gasteiger partial charge < -0.3 is 4.90 Å². The van der Waals surface area contributed by atoms with Gasteiger partial charge in [-0.25, -0.2) is 0 Å². The van der Waals surface area contributed by atoms with Crippen molar-refractivity contribution >= 4 is 51.7 Å². The number of nitrogens with zero attached hydrogens (tertiary/aromatic N) is 2. The largest absolute Gasteiger partial charge is 0.369 e. The summed E-state index contributed by atoms with van der Waals surface area (Å²) in [5.74, 6) is 0.429. The van der Waals surface area contributed by atoms with Gasteiger partial charge >= 0.3 is 0 Å². The number of anilines is 2. The first-order valence-electron chi connectivity index (χ1n) is 9.49. The van der Waals surface area contributed by atoms with Gasteiger partial charge in [-0.3, -0.25) is 9.69 Å². The maximum atomic E-state index is 13.0. The molecule has 2 aliphatic rings. The summed E-state index contributed by atoms with van der Waals surface area (Å²) >= 11 is 6.84. The number of para-hydroxylation sites is 1. The van der Waals surface area contributed by atoms with E-state index in [0.717, 1.165) is 17.7 Å². The number of thioether (sulfide) groups is 1. The summed E-state index contributed by atoms with van der Waals surface area (Å²) in [6.07, 6.45) is 3.07. The van der Waals surface area contributed by atoms with Crippen LogP contribution in [0.5, 0.6) is 0 Å². The molecule has 0 spiro atoms. The van der Waals surface area contributed by atoms with E-state index in [1.807, 2.05) is 36.4 Å². The number of carbonyl (C=O) groups excluding carboxylic acids is 1. The molecule has 0 radical (unpaired) electrons. The van der Waals surface area contributed by atoms with Gasteiger partial charge in [0.05, 0.1) is 10.6 Å². The first-order chi connectivity index (χ1) is 13.3. The molecule has 4 rings (SSSR count). The van der Waals surface area contributed by atoms with Gasteiger partial charge in [-0.05, 0) is 67.7 Å². The summed E-state index contributed by atoms with van der Waals surface area (Å²) in [5, 5.41) is 0. The fourth-order valence-corrected chi connectivity index (χ4v) is 5.40. The summed E-state index contributed by atoms with van der Waals surface area (Å²) in [6, 6.07) is 16.1. The number of fused-ring (bicyclic) bond motifs is 1. The molecule has 0 N–H and O–H groups in total. The molecule has 1 saturated heterocycles. The molecule has 5 heteroatoms. The molecule has 2 aromatic carbocycles. The zero-order valence-electron chi connectivity index (χ0n) is 16.6. The standard InChI is InChI=1S/C23H24N2OS2/c1-15-14-23(2,3)24(4)19-11-10-16(12-18(15)19)13-20-21(26)25(22(27)28-20)17-8-6-5-7-9-17/h5-13,15H,14H2,1-4H3/b20-13-/t15-/m1/s1. The van der Waals surface area contributed by atoms with Crippen LogP contribution in [0, 0.1) is 0 Å². The van der Waals surface area contributed by atoms with Crippen LogP contribution in [0.3, 0.4) is 0 Å². The summed E-state index contributed by atoms with van der Waals surface area (Å²) in [7, 11) is 2.16. The minimum absolute atomic E-state index is 0.0507. The van der Waals surface area contributed by atoms with E-state index in [1.54, 1.807) is 4.90 Å². The van der Waals surface area contributed by atoms with E-state index < -0.39 is 0 Å². The van der Waals surface area contributed by atoms with Crippen LogP contribution in [0.25, 0.3) is 6.08 Å². The van der Waals surface area contributed by atoms with Gasteiger partial charge in [0.1, 0.15) is 0 Å². The molecular formula is C23H24N2OS2. The Kier molecular flexibility index (Phi) is 4.84.